The van der Waals surface area contributed by atoms with E-state index in [1.807, 2.05) is 17.8 Å². The summed E-state index contributed by atoms with van der Waals surface area (Å²) in [6, 6.07) is 2.07. The Labute approximate surface area is 90.5 Å². The van der Waals surface area contributed by atoms with Crippen LogP contribution in [0.1, 0.15) is 33.4 Å². The van der Waals surface area contributed by atoms with Gasteiger partial charge in [-0.3, -0.25) is 0 Å². The predicted molar refractivity (Wildman–Crippen MR) is 62.8 cm³/mol. The number of fused-ring (bicyclic) bond motifs is 1. The molecule has 0 N–H and O–H groups in total. The SMILES string of the molecule is CC=C1C=Nc2cc(C(C)(C)C)nn2C1. The van der Waals surface area contributed by atoms with Gasteiger partial charge in [-0.1, -0.05) is 26.8 Å². The molecule has 0 radical (unpaired) electrons. The lowest BCUT2D eigenvalue weighted by atomic mass is 9.92. The van der Waals surface area contributed by atoms with E-state index < -0.39 is 0 Å². The molecule has 0 fully saturated rings. The van der Waals surface area contributed by atoms with E-state index in [2.05, 4.69) is 43.0 Å². The van der Waals surface area contributed by atoms with Gasteiger partial charge in [0.15, 0.2) is 5.82 Å². The van der Waals surface area contributed by atoms with Gasteiger partial charge in [0.05, 0.1) is 12.2 Å². The minimum absolute atomic E-state index is 0.0932. The van der Waals surface area contributed by atoms with Crippen molar-refractivity contribution < 1.29 is 0 Å². The maximum Gasteiger partial charge on any atom is 0.150 e. The molecule has 0 saturated carbocycles. The van der Waals surface area contributed by atoms with Gasteiger partial charge in [-0.2, -0.15) is 5.10 Å². The smallest absolute Gasteiger partial charge is 0.150 e. The van der Waals surface area contributed by atoms with Crippen LogP contribution in [-0.4, -0.2) is 16.0 Å². The van der Waals surface area contributed by atoms with Crippen LogP contribution in [0.2, 0.25) is 0 Å². The molecular weight excluding hydrogens is 186 g/mol. The van der Waals surface area contributed by atoms with Crippen LogP contribution >= 0.6 is 0 Å². The number of aromatic nitrogens is 2. The minimum atomic E-state index is 0.0932. The highest BCUT2D eigenvalue weighted by molar-refractivity contribution is 5.81. The Morgan fingerprint density at radius 1 is 1.40 bits per heavy atom. The maximum absolute atomic E-state index is 4.58. The summed E-state index contributed by atoms with van der Waals surface area (Å²) in [5, 5.41) is 4.58. The molecule has 0 bridgehead atoms. The number of hydrogen-bond acceptors (Lipinski definition) is 2. The van der Waals surface area contributed by atoms with E-state index in [0.29, 0.717) is 0 Å². The molecule has 0 atom stereocenters. The van der Waals surface area contributed by atoms with Crippen LogP contribution in [0.3, 0.4) is 0 Å². The van der Waals surface area contributed by atoms with Gasteiger partial charge in [-0.05, 0) is 12.5 Å². The second-order valence-electron chi connectivity index (χ2n) is 4.92. The summed E-state index contributed by atoms with van der Waals surface area (Å²) in [5.74, 6) is 0.963. The lowest BCUT2D eigenvalue weighted by Crippen LogP contribution is -2.14. The molecule has 80 valence electrons. The quantitative estimate of drug-likeness (QED) is 0.637. The van der Waals surface area contributed by atoms with Crippen LogP contribution in [0.5, 0.6) is 0 Å². The minimum Gasteiger partial charge on any atom is -0.243 e. The number of allylic oxidation sites excluding steroid dienone is 2. The van der Waals surface area contributed by atoms with Gasteiger partial charge in [-0.15, -0.1) is 0 Å². The zero-order valence-corrected chi connectivity index (χ0v) is 9.78. The van der Waals surface area contributed by atoms with Gasteiger partial charge < -0.3 is 0 Å². The summed E-state index contributed by atoms with van der Waals surface area (Å²) >= 11 is 0. The highest BCUT2D eigenvalue weighted by Gasteiger charge is 2.20. The summed E-state index contributed by atoms with van der Waals surface area (Å²) < 4.78 is 1.97. The first-order valence-corrected chi connectivity index (χ1v) is 5.28. The standard InChI is InChI=1S/C12H17N3/c1-5-9-7-13-11-6-10(12(2,3)4)14-15(11)8-9/h5-7H,8H2,1-4H3. The lowest BCUT2D eigenvalue weighted by molar-refractivity contribution is 0.545. The molecule has 1 aromatic heterocycles. The first-order valence-electron chi connectivity index (χ1n) is 5.28. The molecule has 2 heterocycles. The third kappa shape index (κ3) is 1.87. The summed E-state index contributed by atoms with van der Waals surface area (Å²) in [7, 11) is 0. The molecule has 0 saturated heterocycles. The van der Waals surface area contributed by atoms with Crippen molar-refractivity contribution in [1.82, 2.24) is 9.78 Å². The molecule has 0 amide bonds. The maximum atomic E-state index is 4.58. The Balaban J connectivity index is 2.40. The molecule has 0 unspecified atom stereocenters. The van der Waals surface area contributed by atoms with E-state index in [9.17, 15) is 0 Å². The average molecular weight is 203 g/mol. The number of aliphatic imine (C=N–C) groups is 1. The third-order valence-electron chi connectivity index (χ3n) is 2.59. The van der Waals surface area contributed by atoms with E-state index in [1.54, 1.807) is 0 Å². The Hall–Kier alpha value is -1.38. The first-order chi connectivity index (χ1) is 7.00. The molecule has 2 rings (SSSR count). The monoisotopic (exact) mass is 203 g/mol. The molecule has 1 aliphatic heterocycles. The Morgan fingerprint density at radius 2 is 2.13 bits per heavy atom. The second-order valence-corrected chi connectivity index (χ2v) is 4.92. The number of hydrogen-bond donors (Lipinski definition) is 0. The topological polar surface area (TPSA) is 30.2 Å². The largest absolute Gasteiger partial charge is 0.243 e. The molecule has 3 heteroatoms. The predicted octanol–water partition coefficient (Wildman–Crippen LogP) is 2.84. The van der Waals surface area contributed by atoms with E-state index in [4.69, 9.17) is 0 Å². The van der Waals surface area contributed by atoms with E-state index in [0.717, 1.165) is 18.1 Å². The van der Waals surface area contributed by atoms with E-state index in [-0.39, 0.29) is 5.41 Å². The molecule has 0 aromatic carbocycles. The molecule has 1 aromatic rings. The zero-order valence-electron chi connectivity index (χ0n) is 9.78. The molecule has 1 aliphatic rings. The van der Waals surface area contributed by atoms with Gasteiger partial charge in [-0.25, -0.2) is 9.67 Å². The van der Waals surface area contributed by atoms with Crippen molar-refractivity contribution in [3.8, 4) is 0 Å². The fourth-order valence-electron chi connectivity index (χ4n) is 1.52. The fourth-order valence-corrected chi connectivity index (χ4v) is 1.52. The average Bonchev–Trinajstić information content (AvgIpc) is 2.59. The number of nitrogens with zero attached hydrogens (tertiary/aromatic N) is 3. The Morgan fingerprint density at radius 3 is 2.73 bits per heavy atom. The second kappa shape index (κ2) is 3.33. The van der Waals surface area contributed by atoms with Gasteiger partial charge in [0.2, 0.25) is 0 Å². The highest BCUT2D eigenvalue weighted by atomic mass is 15.3. The van der Waals surface area contributed by atoms with Gasteiger partial charge >= 0.3 is 0 Å². The summed E-state index contributed by atoms with van der Waals surface area (Å²) in [4.78, 5) is 4.39. The van der Waals surface area contributed by atoms with Gasteiger partial charge in [0.25, 0.3) is 0 Å². The molecule has 3 nitrogen and oxygen atoms in total. The lowest BCUT2D eigenvalue weighted by Gasteiger charge is -2.14. The van der Waals surface area contributed by atoms with Crippen LogP contribution < -0.4 is 0 Å². The molecule has 0 spiro atoms. The van der Waals surface area contributed by atoms with Gasteiger partial charge in [0, 0.05) is 17.7 Å². The fraction of sp³-hybridized carbons (Fsp3) is 0.500. The van der Waals surface area contributed by atoms with Crippen LogP contribution in [0, 0.1) is 0 Å². The van der Waals surface area contributed by atoms with Crippen molar-refractivity contribution >= 4 is 12.0 Å². The highest BCUT2D eigenvalue weighted by Crippen LogP contribution is 2.27. The summed E-state index contributed by atoms with van der Waals surface area (Å²) in [5.41, 5.74) is 2.41. The van der Waals surface area contributed by atoms with Crippen molar-refractivity contribution in [2.45, 2.75) is 39.7 Å². The molecule has 0 aliphatic carbocycles. The van der Waals surface area contributed by atoms with Crippen molar-refractivity contribution in [3.63, 3.8) is 0 Å². The summed E-state index contributed by atoms with van der Waals surface area (Å²) in [6.07, 6.45) is 3.99. The first kappa shape index (κ1) is 10.1. The Bertz CT molecular complexity index is 430. The number of rotatable bonds is 0. The summed E-state index contributed by atoms with van der Waals surface area (Å²) in [6.45, 7) is 9.37. The molecular formula is C12H17N3. The van der Waals surface area contributed by atoms with E-state index >= 15 is 0 Å². The van der Waals surface area contributed by atoms with Crippen LogP contribution in [-0.2, 0) is 12.0 Å². The third-order valence-corrected chi connectivity index (χ3v) is 2.59. The van der Waals surface area contributed by atoms with Crippen molar-refractivity contribution in [1.29, 1.82) is 0 Å². The normalized spacial score (nSPS) is 18.3. The van der Waals surface area contributed by atoms with Gasteiger partial charge in [0.1, 0.15) is 0 Å². The van der Waals surface area contributed by atoms with Crippen molar-refractivity contribution in [3.05, 3.63) is 23.4 Å². The zero-order chi connectivity index (χ0) is 11.1. The Kier molecular flexibility index (Phi) is 2.25. The molecule has 15 heavy (non-hydrogen) atoms. The van der Waals surface area contributed by atoms with Crippen molar-refractivity contribution in [2.24, 2.45) is 4.99 Å². The van der Waals surface area contributed by atoms with Crippen LogP contribution in [0.15, 0.2) is 22.7 Å². The van der Waals surface area contributed by atoms with Crippen molar-refractivity contribution in [2.75, 3.05) is 0 Å². The van der Waals surface area contributed by atoms with E-state index in [1.165, 1.54) is 5.57 Å². The van der Waals surface area contributed by atoms with Crippen LogP contribution in [0.4, 0.5) is 5.82 Å². The van der Waals surface area contributed by atoms with Crippen LogP contribution in [0.25, 0.3) is 0 Å².